The number of nitrogens with zero attached hydrogens (tertiary/aromatic N) is 6. The second-order valence-electron chi connectivity index (χ2n) is 16.1. The third-order valence-electron chi connectivity index (χ3n) is 12.0. The van der Waals surface area contributed by atoms with Crippen molar-refractivity contribution in [3.05, 3.63) is 231 Å². The van der Waals surface area contributed by atoms with Crippen molar-refractivity contribution in [3.63, 3.8) is 0 Å². The van der Waals surface area contributed by atoms with Gasteiger partial charge in [0.1, 0.15) is 0 Å². The molecule has 3 aromatic heterocycles. The average Bonchev–Trinajstić information content (AvgIpc) is 3.74. The number of hydrogen-bond donors (Lipinski definition) is 0. The summed E-state index contributed by atoms with van der Waals surface area (Å²) in [7, 11) is 0. The lowest BCUT2D eigenvalue weighted by molar-refractivity contribution is 1.07. The van der Waals surface area contributed by atoms with E-state index in [1.807, 2.05) is 66.7 Å². The fraction of sp³-hybridized carbons (Fsp3) is 0. The van der Waals surface area contributed by atoms with Crippen LogP contribution in [0.1, 0.15) is 0 Å². The Morgan fingerprint density at radius 3 is 1.40 bits per heavy atom. The number of benzene rings is 9. The van der Waals surface area contributed by atoms with Gasteiger partial charge in [-0.2, -0.15) is 0 Å². The zero-order valence-corrected chi connectivity index (χ0v) is 35.1. The SMILES string of the molecule is c1ccc(-c2cc(-c3cccc(-c4cccc(-c5nc(-c6ccccc6)nc(-c6ccccc6)n5)c4)c3)nc(-c3ccc4c(c3)c3ccc5ccccc5c3n4-c3ccccc3)n2)cc1. The van der Waals surface area contributed by atoms with Crippen LogP contribution in [-0.4, -0.2) is 29.5 Å². The van der Waals surface area contributed by atoms with Gasteiger partial charge >= 0.3 is 0 Å². The van der Waals surface area contributed by atoms with E-state index in [1.54, 1.807) is 0 Å². The quantitative estimate of drug-likeness (QED) is 0.153. The fourth-order valence-electron chi connectivity index (χ4n) is 8.88. The predicted molar refractivity (Wildman–Crippen MR) is 265 cm³/mol. The van der Waals surface area contributed by atoms with Crippen molar-refractivity contribution in [2.75, 3.05) is 0 Å². The molecule has 0 N–H and O–H groups in total. The molecule has 0 spiro atoms. The zero-order valence-electron chi connectivity index (χ0n) is 35.1. The molecule has 0 saturated carbocycles. The van der Waals surface area contributed by atoms with Crippen molar-refractivity contribution >= 4 is 32.6 Å². The molecule has 304 valence electrons. The highest BCUT2D eigenvalue weighted by Gasteiger charge is 2.19. The normalized spacial score (nSPS) is 11.4. The van der Waals surface area contributed by atoms with Gasteiger partial charge in [0.05, 0.1) is 22.4 Å². The van der Waals surface area contributed by atoms with E-state index in [2.05, 4.69) is 168 Å². The molecule has 3 heterocycles. The van der Waals surface area contributed by atoms with Crippen LogP contribution in [0.15, 0.2) is 231 Å². The number of para-hydroxylation sites is 1. The highest BCUT2D eigenvalue weighted by Crippen LogP contribution is 2.39. The van der Waals surface area contributed by atoms with Crippen molar-refractivity contribution in [3.8, 4) is 84.9 Å². The summed E-state index contributed by atoms with van der Waals surface area (Å²) >= 11 is 0. The van der Waals surface area contributed by atoms with Crippen LogP contribution in [0.25, 0.3) is 117 Å². The van der Waals surface area contributed by atoms with Gasteiger partial charge in [0.15, 0.2) is 23.3 Å². The first-order valence-corrected chi connectivity index (χ1v) is 21.7. The molecule has 0 radical (unpaired) electrons. The van der Waals surface area contributed by atoms with Gasteiger partial charge in [-0.1, -0.05) is 182 Å². The van der Waals surface area contributed by atoms with Crippen LogP contribution in [0.4, 0.5) is 0 Å². The highest BCUT2D eigenvalue weighted by molar-refractivity contribution is 6.19. The summed E-state index contributed by atoms with van der Waals surface area (Å²) < 4.78 is 2.38. The van der Waals surface area contributed by atoms with Crippen LogP contribution >= 0.6 is 0 Å². The molecule has 0 atom stereocenters. The van der Waals surface area contributed by atoms with Gasteiger partial charge in [-0.15, -0.1) is 0 Å². The summed E-state index contributed by atoms with van der Waals surface area (Å²) in [5, 5.41) is 4.75. The van der Waals surface area contributed by atoms with Gasteiger partial charge in [0.2, 0.25) is 0 Å². The lowest BCUT2D eigenvalue weighted by Gasteiger charge is -2.12. The monoisotopic (exact) mass is 830 g/mol. The summed E-state index contributed by atoms with van der Waals surface area (Å²) in [4.78, 5) is 25.5. The minimum absolute atomic E-state index is 0.612. The van der Waals surface area contributed by atoms with E-state index in [0.717, 1.165) is 72.5 Å². The molecular weight excluding hydrogens is 793 g/mol. The minimum Gasteiger partial charge on any atom is -0.309 e. The van der Waals surface area contributed by atoms with Crippen LogP contribution in [0.2, 0.25) is 0 Å². The van der Waals surface area contributed by atoms with Gasteiger partial charge in [-0.3, -0.25) is 0 Å². The highest BCUT2D eigenvalue weighted by atomic mass is 15.0. The van der Waals surface area contributed by atoms with Crippen LogP contribution in [-0.2, 0) is 0 Å². The molecule has 12 rings (SSSR count). The van der Waals surface area contributed by atoms with Gasteiger partial charge in [0, 0.05) is 55.2 Å². The lowest BCUT2D eigenvalue weighted by atomic mass is 9.99. The Morgan fingerprint density at radius 1 is 0.262 bits per heavy atom. The number of aromatic nitrogens is 6. The molecular formula is C59H38N6. The number of fused-ring (bicyclic) bond motifs is 5. The molecule has 0 aliphatic rings. The molecule has 0 fully saturated rings. The number of rotatable bonds is 8. The molecule has 0 saturated heterocycles. The minimum atomic E-state index is 0.612. The second-order valence-corrected chi connectivity index (χ2v) is 16.1. The van der Waals surface area contributed by atoms with E-state index < -0.39 is 0 Å². The van der Waals surface area contributed by atoms with Gasteiger partial charge in [-0.05, 0) is 65.0 Å². The van der Waals surface area contributed by atoms with Crippen molar-refractivity contribution in [2.45, 2.75) is 0 Å². The summed E-state index contributed by atoms with van der Waals surface area (Å²) in [5.41, 5.74) is 12.9. The standard InChI is InChI=1S/C59H38N6/c1-5-18-40(19-6-1)52-38-53(61-58(60-52)47-32-34-54-51(37-47)50-33-31-39-17-13-14-30-49(39)55(50)65(54)48-28-11-4-12-29-48)45-26-15-24-43(35-45)44-25-16-27-46(36-44)59-63-56(41-20-7-2-8-21-41)62-57(64-59)42-22-9-3-10-23-42/h1-38H. The van der Waals surface area contributed by atoms with Gasteiger partial charge < -0.3 is 4.57 Å². The van der Waals surface area contributed by atoms with Crippen LogP contribution in [0, 0.1) is 0 Å². The van der Waals surface area contributed by atoms with Crippen LogP contribution in [0.3, 0.4) is 0 Å². The third kappa shape index (κ3) is 7.09. The molecule has 0 aliphatic carbocycles. The van der Waals surface area contributed by atoms with Gasteiger partial charge in [-0.25, -0.2) is 24.9 Å². The molecule has 12 aromatic rings. The van der Waals surface area contributed by atoms with E-state index in [0.29, 0.717) is 23.3 Å². The lowest BCUT2D eigenvalue weighted by Crippen LogP contribution is -2.00. The van der Waals surface area contributed by atoms with Gasteiger partial charge in [0.25, 0.3) is 0 Å². The first kappa shape index (κ1) is 37.9. The molecule has 6 heteroatoms. The maximum Gasteiger partial charge on any atom is 0.164 e. The molecule has 0 unspecified atom stereocenters. The molecule has 65 heavy (non-hydrogen) atoms. The summed E-state index contributed by atoms with van der Waals surface area (Å²) in [6, 6.07) is 79.9. The fourth-order valence-corrected chi connectivity index (χ4v) is 8.88. The maximum atomic E-state index is 5.33. The van der Waals surface area contributed by atoms with Crippen molar-refractivity contribution < 1.29 is 0 Å². The average molecular weight is 831 g/mol. The Morgan fingerprint density at radius 2 is 0.738 bits per heavy atom. The second kappa shape index (κ2) is 16.1. The molecule has 6 nitrogen and oxygen atoms in total. The van der Waals surface area contributed by atoms with Crippen LogP contribution < -0.4 is 0 Å². The van der Waals surface area contributed by atoms with E-state index in [9.17, 15) is 0 Å². The summed E-state index contributed by atoms with van der Waals surface area (Å²) in [6.07, 6.45) is 0. The number of hydrogen-bond acceptors (Lipinski definition) is 5. The topological polar surface area (TPSA) is 69.4 Å². The molecule has 0 bridgehead atoms. The van der Waals surface area contributed by atoms with Crippen molar-refractivity contribution in [1.82, 2.24) is 29.5 Å². The largest absolute Gasteiger partial charge is 0.309 e. The Hall–Kier alpha value is -8.87. The Balaban J connectivity index is 0.975. The summed E-state index contributed by atoms with van der Waals surface area (Å²) in [6.45, 7) is 0. The Labute approximate surface area is 375 Å². The first-order chi connectivity index (χ1) is 32.2. The Kier molecular flexibility index (Phi) is 9.38. The molecule has 0 amide bonds. The summed E-state index contributed by atoms with van der Waals surface area (Å²) in [5.74, 6) is 2.53. The Bertz CT molecular complexity index is 3640. The zero-order chi connectivity index (χ0) is 43.1. The van der Waals surface area contributed by atoms with Crippen LogP contribution in [0.5, 0.6) is 0 Å². The predicted octanol–water partition coefficient (Wildman–Crippen LogP) is 14.6. The van der Waals surface area contributed by atoms with E-state index in [1.165, 1.54) is 21.7 Å². The van der Waals surface area contributed by atoms with E-state index >= 15 is 0 Å². The van der Waals surface area contributed by atoms with E-state index in [4.69, 9.17) is 24.9 Å². The maximum absolute atomic E-state index is 5.33. The third-order valence-corrected chi connectivity index (χ3v) is 12.0. The van der Waals surface area contributed by atoms with Crippen molar-refractivity contribution in [1.29, 1.82) is 0 Å². The van der Waals surface area contributed by atoms with Crippen molar-refractivity contribution in [2.24, 2.45) is 0 Å². The smallest absolute Gasteiger partial charge is 0.164 e. The molecule has 0 aliphatic heterocycles. The first-order valence-electron chi connectivity index (χ1n) is 21.7. The molecule has 9 aromatic carbocycles. The van der Waals surface area contributed by atoms with E-state index in [-0.39, 0.29) is 0 Å².